The third-order valence-corrected chi connectivity index (χ3v) is 18.0. The maximum absolute atomic E-state index is 11.5. The van der Waals surface area contributed by atoms with Gasteiger partial charge in [0.15, 0.2) is 18.9 Å². The van der Waals surface area contributed by atoms with Crippen LogP contribution < -0.4 is 0 Å². The maximum Gasteiger partial charge on any atom is 0.187 e. The van der Waals surface area contributed by atoms with Crippen LogP contribution in [0.2, 0.25) is 0 Å². The van der Waals surface area contributed by atoms with Gasteiger partial charge in [0, 0.05) is 18.6 Å². The lowest BCUT2D eigenvalue weighted by molar-refractivity contribution is -0.388. The lowest BCUT2D eigenvalue weighted by Crippen LogP contribution is -2.66. The number of piperidine rings is 1. The second kappa shape index (κ2) is 17.1. The zero-order valence-corrected chi connectivity index (χ0v) is 36.3. The van der Waals surface area contributed by atoms with E-state index in [2.05, 4.69) is 38.7 Å². The van der Waals surface area contributed by atoms with Gasteiger partial charge < -0.3 is 74.4 Å². The molecule has 16 heteroatoms. The van der Waals surface area contributed by atoms with Crippen molar-refractivity contribution in [3.05, 3.63) is 11.6 Å². The summed E-state index contributed by atoms with van der Waals surface area (Å²) in [5.41, 5.74) is 1.84. The van der Waals surface area contributed by atoms with Crippen LogP contribution >= 0.6 is 0 Å². The smallest absolute Gasteiger partial charge is 0.187 e. The fraction of sp³-hybridized carbons (Fsp3) is 0.956. The van der Waals surface area contributed by atoms with Crippen LogP contribution in [0.3, 0.4) is 0 Å². The lowest BCUT2D eigenvalue weighted by Gasteiger charge is -2.58. The number of nitrogens with zero attached hydrogens (tertiary/aromatic N) is 1. The molecule has 348 valence electrons. The fourth-order valence-electron chi connectivity index (χ4n) is 14.8. The van der Waals surface area contributed by atoms with Gasteiger partial charge in [-0.25, -0.2) is 0 Å². The van der Waals surface area contributed by atoms with Crippen molar-refractivity contribution < 1.29 is 74.4 Å². The summed E-state index contributed by atoms with van der Waals surface area (Å²) in [5, 5.41) is 96.3. The highest BCUT2D eigenvalue weighted by molar-refractivity contribution is 5.27. The summed E-state index contributed by atoms with van der Waals surface area (Å²) in [6, 6.07) is 1.47. The van der Waals surface area contributed by atoms with Gasteiger partial charge in [-0.1, -0.05) is 39.3 Å². The molecule has 26 atom stereocenters. The van der Waals surface area contributed by atoms with Gasteiger partial charge in [0.2, 0.25) is 0 Å². The Morgan fingerprint density at radius 2 is 1.34 bits per heavy atom. The van der Waals surface area contributed by atoms with Crippen molar-refractivity contribution in [2.45, 2.75) is 203 Å². The first-order valence-corrected chi connectivity index (χ1v) is 23.4. The van der Waals surface area contributed by atoms with Crippen LogP contribution in [0, 0.1) is 46.3 Å². The molecule has 0 aromatic rings. The van der Waals surface area contributed by atoms with Gasteiger partial charge >= 0.3 is 0 Å². The molecule has 61 heavy (non-hydrogen) atoms. The fourth-order valence-corrected chi connectivity index (χ4v) is 14.8. The molecule has 3 saturated carbocycles. The van der Waals surface area contributed by atoms with E-state index in [0.29, 0.717) is 29.7 Å². The summed E-state index contributed by atoms with van der Waals surface area (Å²) in [5.74, 6) is 4.32. The number of aliphatic hydroxyl groups is 9. The van der Waals surface area contributed by atoms with Gasteiger partial charge in [-0.05, 0) is 111 Å². The second-order valence-corrected chi connectivity index (χ2v) is 21.2. The Kier molecular flexibility index (Phi) is 12.7. The third kappa shape index (κ3) is 7.42. The van der Waals surface area contributed by atoms with Crippen molar-refractivity contribution in [2.75, 3.05) is 19.8 Å². The van der Waals surface area contributed by atoms with Crippen LogP contribution in [0.4, 0.5) is 0 Å². The molecule has 0 unspecified atom stereocenters. The summed E-state index contributed by atoms with van der Waals surface area (Å²) in [4.78, 5) is 2.95. The highest BCUT2D eigenvalue weighted by Gasteiger charge is 2.66. The van der Waals surface area contributed by atoms with Gasteiger partial charge in [0.05, 0.1) is 25.4 Å². The van der Waals surface area contributed by atoms with E-state index in [1.807, 2.05) is 0 Å². The normalized spacial score (nSPS) is 57.3. The minimum Gasteiger partial charge on any atom is -0.394 e. The molecule has 0 spiro atoms. The summed E-state index contributed by atoms with van der Waals surface area (Å²) in [6.45, 7) is 11.4. The molecule has 0 aromatic heterocycles. The first-order valence-electron chi connectivity index (χ1n) is 23.4. The zero-order chi connectivity index (χ0) is 43.4. The van der Waals surface area contributed by atoms with Crippen molar-refractivity contribution in [2.24, 2.45) is 46.3 Å². The molecular weight excluding hydrogens is 794 g/mol. The first kappa shape index (κ1) is 45.3. The Morgan fingerprint density at radius 3 is 2.08 bits per heavy atom. The van der Waals surface area contributed by atoms with Crippen molar-refractivity contribution in [3.8, 4) is 0 Å². The standard InChI is InChI=1S/C45H73NO15/c1-19-6-9-27-20(2)31-28(46(27)16-19)15-26-24-8-7-22-14-23(10-12-44(22,4)25(24)11-13-45(26,31)5)57-42-38(55)36(53)39(30(18-48)59-42)60-43-40(35(52)33(50)29(17-47)58-43)61-41-37(54)34(51)32(49)21(3)56-41/h7,19-21,23-43,47-55H,6,8-18H2,1-5H3/t19-,20-,21+,23-,24+,25-,26+,27-,28+,29+,30+,31+,32+,33+,34-,35-,36+,37+,38+,39+,40+,41-,42+,43-,44-,45-/m1/s1. The summed E-state index contributed by atoms with van der Waals surface area (Å²) in [7, 11) is 0. The average molecular weight is 868 g/mol. The molecule has 0 aromatic carbocycles. The molecule has 9 aliphatic rings. The van der Waals surface area contributed by atoms with Gasteiger partial charge in [-0.2, -0.15) is 0 Å². The number of allylic oxidation sites excluding steroid dienone is 1. The Labute approximate surface area is 359 Å². The van der Waals surface area contributed by atoms with Gasteiger partial charge in [0.25, 0.3) is 0 Å². The Bertz CT molecular complexity index is 1590. The van der Waals surface area contributed by atoms with Crippen LogP contribution in [-0.2, 0) is 28.4 Å². The first-order chi connectivity index (χ1) is 29.0. The summed E-state index contributed by atoms with van der Waals surface area (Å²) in [6.07, 6.45) is -10.8. The molecule has 5 saturated heterocycles. The Balaban J connectivity index is 0.857. The van der Waals surface area contributed by atoms with E-state index in [9.17, 15) is 46.0 Å². The highest BCUT2D eigenvalue weighted by atomic mass is 16.8. The molecule has 16 nitrogen and oxygen atoms in total. The third-order valence-electron chi connectivity index (χ3n) is 18.0. The minimum atomic E-state index is -1.80. The average Bonchev–Trinajstić information content (AvgIpc) is 3.71. The van der Waals surface area contributed by atoms with E-state index in [1.165, 1.54) is 51.1 Å². The topological polar surface area (TPSA) is 241 Å². The van der Waals surface area contributed by atoms with Crippen molar-refractivity contribution in [3.63, 3.8) is 0 Å². The predicted octanol–water partition coefficient (Wildman–Crippen LogP) is 0.155. The molecular formula is C45H73NO15. The van der Waals surface area contributed by atoms with Crippen molar-refractivity contribution >= 4 is 0 Å². The van der Waals surface area contributed by atoms with Crippen LogP contribution in [0.25, 0.3) is 0 Å². The van der Waals surface area contributed by atoms with Crippen molar-refractivity contribution in [1.29, 1.82) is 0 Å². The molecule has 5 aliphatic heterocycles. The molecule has 9 rings (SSSR count). The van der Waals surface area contributed by atoms with Crippen LogP contribution in [0.1, 0.15) is 92.4 Å². The van der Waals surface area contributed by atoms with E-state index in [0.717, 1.165) is 49.0 Å². The summed E-state index contributed by atoms with van der Waals surface area (Å²) < 4.78 is 35.7. The number of hydrogen-bond acceptors (Lipinski definition) is 16. The van der Waals surface area contributed by atoms with Crippen LogP contribution in [-0.4, -0.2) is 181 Å². The maximum atomic E-state index is 11.5. The van der Waals surface area contributed by atoms with Crippen molar-refractivity contribution in [1.82, 2.24) is 4.90 Å². The molecule has 8 fully saturated rings. The van der Waals surface area contributed by atoms with Gasteiger partial charge in [-0.15, -0.1) is 0 Å². The number of hydrogen-bond donors (Lipinski definition) is 9. The Morgan fingerprint density at radius 1 is 0.672 bits per heavy atom. The largest absolute Gasteiger partial charge is 0.394 e. The van der Waals surface area contributed by atoms with E-state index in [4.69, 9.17) is 28.4 Å². The van der Waals surface area contributed by atoms with E-state index < -0.39 is 105 Å². The van der Waals surface area contributed by atoms with Crippen LogP contribution in [0.5, 0.6) is 0 Å². The van der Waals surface area contributed by atoms with E-state index in [1.54, 1.807) is 0 Å². The summed E-state index contributed by atoms with van der Waals surface area (Å²) >= 11 is 0. The Hall–Kier alpha value is -0.900. The number of rotatable bonds is 8. The molecule has 4 aliphatic carbocycles. The zero-order valence-electron chi connectivity index (χ0n) is 36.3. The lowest BCUT2D eigenvalue weighted by atomic mass is 9.47. The molecule has 9 N–H and O–H groups in total. The number of ether oxygens (including phenoxy) is 6. The second-order valence-electron chi connectivity index (χ2n) is 21.2. The van der Waals surface area contributed by atoms with Gasteiger partial charge in [-0.3, -0.25) is 4.90 Å². The van der Waals surface area contributed by atoms with E-state index in [-0.39, 0.29) is 11.5 Å². The molecule has 0 bridgehead atoms. The van der Waals surface area contributed by atoms with Crippen LogP contribution in [0.15, 0.2) is 11.6 Å². The molecule has 0 radical (unpaired) electrons. The molecule has 0 amide bonds. The molecule has 5 heterocycles. The number of aliphatic hydroxyl groups excluding tert-OH is 9. The monoisotopic (exact) mass is 867 g/mol. The quantitative estimate of drug-likeness (QED) is 0.148. The van der Waals surface area contributed by atoms with E-state index >= 15 is 0 Å². The predicted molar refractivity (Wildman–Crippen MR) is 215 cm³/mol. The number of fused-ring (bicyclic) bond motifs is 9. The highest BCUT2D eigenvalue weighted by Crippen LogP contribution is 2.70. The minimum absolute atomic E-state index is 0.0611. The van der Waals surface area contributed by atoms with Gasteiger partial charge in [0.1, 0.15) is 67.1 Å². The SMILES string of the molecule is C[C@@H]1CC[C@@H]2[C@@H](C)[C@H]3[C@H](C[C@H]4[C@H]5CC=C6C[C@H](O[C@H]7O[C@@H](CO)[C@H](O[C@H]8O[C@@H](CO)[C@H](O)[C@@H](O)[C@@H]8O[C@H]8O[C@@H](C)[C@H](O)[C@@H](O)[C@@H]8O)[C@@H](O)[C@@H]7O)CC[C@@]6(C)[C@@H]5CC[C@@]34C)N2C1.